The highest BCUT2D eigenvalue weighted by molar-refractivity contribution is 6.02. The summed E-state index contributed by atoms with van der Waals surface area (Å²) in [4.78, 5) is 9.16. The Hall–Kier alpha value is -2.38. The molecular weight excluding hydrogens is 280 g/mol. The number of hydrogen-bond donors (Lipinski definition) is 3. The maximum absolute atomic E-state index is 9.02. The molecule has 1 aliphatic heterocycles. The summed E-state index contributed by atoms with van der Waals surface area (Å²) in [5, 5.41) is 14.2. The molecule has 0 spiro atoms. The van der Waals surface area contributed by atoms with E-state index in [-0.39, 0.29) is 6.61 Å². The number of fused-ring (bicyclic) bond motifs is 1. The van der Waals surface area contributed by atoms with Crippen LogP contribution in [0.15, 0.2) is 41.7 Å². The number of imidazole rings is 1. The Bertz CT molecular complexity index is 651. The maximum Gasteiger partial charge on any atom is 0.170 e. The fourth-order valence-corrected chi connectivity index (χ4v) is 2.38. The molecule has 3 N–H and O–H groups in total. The van der Waals surface area contributed by atoms with Gasteiger partial charge in [0.05, 0.1) is 19.5 Å². The summed E-state index contributed by atoms with van der Waals surface area (Å²) in [5.74, 6) is 1.74. The Morgan fingerprint density at radius 3 is 2.95 bits per heavy atom. The number of aryl methyl sites for hydroxylation is 1. The van der Waals surface area contributed by atoms with Crippen LogP contribution < -0.4 is 10.7 Å². The molecule has 3 rings (SSSR count). The predicted octanol–water partition coefficient (Wildman–Crippen LogP) is 0.549. The summed E-state index contributed by atoms with van der Waals surface area (Å²) in [5.41, 5.74) is 5.11. The molecule has 2 aromatic rings. The van der Waals surface area contributed by atoms with Gasteiger partial charge in [-0.05, 0) is 5.56 Å². The topological polar surface area (TPSA) is 77.7 Å². The second-order valence-corrected chi connectivity index (χ2v) is 5.07. The molecule has 0 radical (unpaired) electrons. The lowest BCUT2D eigenvalue weighted by atomic mass is 10.2. The highest BCUT2D eigenvalue weighted by Crippen LogP contribution is 2.20. The number of aliphatic hydroxyl groups excluding tert-OH is 1. The van der Waals surface area contributed by atoms with Crippen molar-refractivity contribution in [3.8, 4) is 0 Å². The lowest BCUT2D eigenvalue weighted by Gasteiger charge is -2.31. The van der Waals surface area contributed by atoms with Crippen molar-refractivity contribution in [1.82, 2.24) is 20.0 Å². The number of anilines is 1. The van der Waals surface area contributed by atoms with Crippen LogP contribution in [0, 0.1) is 0 Å². The number of aromatic nitrogens is 2. The molecule has 1 aromatic carbocycles. The Balaban J connectivity index is 1.88. The van der Waals surface area contributed by atoms with Crippen molar-refractivity contribution in [3.63, 3.8) is 0 Å². The molecule has 7 nitrogen and oxygen atoms in total. The van der Waals surface area contributed by atoms with E-state index in [9.17, 15) is 0 Å². The van der Waals surface area contributed by atoms with Crippen LogP contribution in [-0.2, 0) is 13.6 Å². The first-order chi connectivity index (χ1) is 10.8. The van der Waals surface area contributed by atoms with Crippen molar-refractivity contribution in [1.29, 1.82) is 0 Å². The zero-order chi connectivity index (χ0) is 15.4. The number of nitrogens with one attached hydrogen (secondary N) is 2. The smallest absolute Gasteiger partial charge is 0.170 e. The standard InChI is InChI=1S/C15H20N6O/c1-20-10-17-13-14(20)18-11-21(19-7-8-22)15(13)16-9-12-5-3-2-4-6-12/h2-6,10,18-19,22H,7-9,11H2,1H3. The largest absolute Gasteiger partial charge is 0.395 e. The molecule has 1 aromatic heterocycles. The lowest BCUT2D eigenvalue weighted by Crippen LogP contribution is -2.50. The Morgan fingerprint density at radius 1 is 1.36 bits per heavy atom. The second-order valence-electron chi connectivity index (χ2n) is 5.07. The minimum absolute atomic E-state index is 0.0670. The Morgan fingerprint density at radius 2 is 2.18 bits per heavy atom. The molecule has 0 unspecified atom stereocenters. The average molecular weight is 300 g/mol. The number of nitrogens with zero attached hydrogens (tertiary/aromatic N) is 4. The van der Waals surface area contributed by atoms with E-state index < -0.39 is 0 Å². The molecule has 0 bridgehead atoms. The Labute approximate surface area is 129 Å². The third-order valence-electron chi connectivity index (χ3n) is 3.48. The van der Waals surface area contributed by atoms with Gasteiger partial charge in [0, 0.05) is 13.6 Å². The number of benzene rings is 1. The van der Waals surface area contributed by atoms with Crippen LogP contribution in [-0.4, -0.2) is 45.3 Å². The van der Waals surface area contributed by atoms with Crippen molar-refractivity contribution in [2.75, 3.05) is 25.1 Å². The first kappa shape index (κ1) is 14.6. The van der Waals surface area contributed by atoms with Crippen LogP contribution >= 0.6 is 0 Å². The zero-order valence-corrected chi connectivity index (χ0v) is 12.5. The normalized spacial score (nSPS) is 15.7. The molecule has 0 saturated heterocycles. The zero-order valence-electron chi connectivity index (χ0n) is 12.5. The quantitative estimate of drug-likeness (QED) is 0.751. The van der Waals surface area contributed by atoms with Crippen LogP contribution in [0.4, 0.5) is 5.82 Å². The van der Waals surface area contributed by atoms with E-state index in [0.717, 1.165) is 22.9 Å². The van der Waals surface area contributed by atoms with Gasteiger partial charge in [0.2, 0.25) is 0 Å². The summed E-state index contributed by atoms with van der Waals surface area (Å²) in [7, 11) is 1.95. The molecular formula is C15H20N6O. The maximum atomic E-state index is 9.02. The van der Waals surface area contributed by atoms with E-state index in [1.165, 1.54) is 0 Å². The molecule has 0 atom stereocenters. The highest BCUT2D eigenvalue weighted by Gasteiger charge is 2.25. The van der Waals surface area contributed by atoms with E-state index in [4.69, 9.17) is 10.1 Å². The number of hydrogen-bond acceptors (Lipinski definition) is 5. The van der Waals surface area contributed by atoms with Crippen LogP contribution in [0.1, 0.15) is 11.3 Å². The number of hydrazine groups is 1. The molecule has 116 valence electrons. The first-order valence-corrected chi connectivity index (χ1v) is 7.25. The fraction of sp³-hybridized carbons (Fsp3) is 0.333. The Kier molecular flexibility index (Phi) is 4.36. The van der Waals surface area contributed by atoms with Gasteiger partial charge in [0.1, 0.15) is 18.2 Å². The van der Waals surface area contributed by atoms with Gasteiger partial charge in [-0.25, -0.2) is 10.4 Å². The highest BCUT2D eigenvalue weighted by atomic mass is 16.3. The van der Waals surface area contributed by atoms with Crippen molar-refractivity contribution in [2.45, 2.75) is 6.54 Å². The number of aliphatic imine (C=N–C) groups is 1. The van der Waals surface area contributed by atoms with Gasteiger partial charge in [-0.1, -0.05) is 30.3 Å². The summed E-state index contributed by atoms with van der Waals surface area (Å²) in [6.45, 7) is 1.69. The third kappa shape index (κ3) is 2.95. The van der Waals surface area contributed by atoms with Gasteiger partial charge < -0.3 is 15.0 Å². The van der Waals surface area contributed by atoms with Gasteiger partial charge in [-0.15, -0.1) is 0 Å². The molecule has 7 heteroatoms. The lowest BCUT2D eigenvalue weighted by molar-refractivity contribution is 0.240. The van der Waals surface area contributed by atoms with Crippen LogP contribution in [0.25, 0.3) is 0 Å². The van der Waals surface area contributed by atoms with Crippen molar-refractivity contribution in [2.24, 2.45) is 12.0 Å². The van der Waals surface area contributed by atoms with E-state index in [1.807, 2.05) is 34.8 Å². The molecule has 0 fully saturated rings. The van der Waals surface area contributed by atoms with Crippen LogP contribution in [0.3, 0.4) is 0 Å². The van der Waals surface area contributed by atoms with Gasteiger partial charge in [-0.2, -0.15) is 0 Å². The molecule has 0 aliphatic carbocycles. The summed E-state index contributed by atoms with van der Waals surface area (Å²) in [6, 6.07) is 10.1. The van der Waals surface area contributed by atoms with Gasteiger partial charge in [0.15, 0.2) is 5.84 Å². The van der Waals surface area contributed by atoms with E-state index >= 15 is 0 Å². The summed E-state index contributed by atoms with van der Waals surface area (Å²) < 4.78 is 1.94. The van der Waals surface area contributed by atoms with Gasteiger partial charge in [-0.3, -0.25) is 10.0 Å². The molecule has 2 heterocycles. The predicted molar refractivity (Wildman–Crippen MR) is 85.3 cm³/mol. The first-order valence-electron chi connectivity index (χ1n) is 7.25. The minimum Gasteiger partial charge on any atom is -0.395 e. The molecule has 0 amide bonds. The fourth-order valence-electron chi connectivity index (χ4n) is 2.38. The summed E-state index contributed by atoms with van der Waals surface area (Å²) in [6.07, 6.45) is 1.77. The van der Waals surface area contributed by atoms with Crippen LogP contribution in [0.5, 0.6) is 0 Å². The second kappa shape index (κ2) is 6.59. The third-order valence-corrected chi connectivity index (χ3v) is 3.48. The minimum atomic E-state index is 0.0670. The number of aliphatic hydroxyl groups is 1. The van der Waals surface area contributed by atoms with Crippen molar-refractivity contribution in [3.05, 3.63) is 47.9 Å². The number of rotatable bonds is 5. The monoisotopic (exact) mass is 300 g/mol. The SMILES string of the molecule is Cn1cnc2c1NCN(NCCO)C2=NCc1ccccc1. The number of amidine groups is 1. The summed E-state index contributed by atoms with van der Waals surface area (Å²) >= 11 is 0. The van der Waals surface area contributed by atoms with Crippen molar-refractivity contribution < 1.29 is 5.11 Å². The molecule has 1 aliphatic rings. The van der Waals surface area contributed by atoms with E-state index in [2.05, 4.69) is 27.9 Å². The van der Waals surface area contributed by atoms with E-state index in [1.54, 1.807) is 6.33 Å². The average Bonchev–Trinajstić information content (AvgIpc) is 2.93. The van der Waals surface area contributed by atoms with Gasteiger partial charge in [0.25, 0.3) is 0 Å². The van der Waals surface area contributed by atoms with Crippen LogP contribution in [0.2, 0.25) is 0 Å². The van der Waals surface area contributed by atoms with Gasteiger partial charge >= 0.3 is 0 Å². The van der Waals surface area contributed by atoms with E-state index in [0.29, 0.717) is 19.8 Å². The van der Waals surface area contributed by atoms with Crippen molar-refractivity contribution >= 4 is 11.7 Å². The molecule has 22 heavy (non-hydrogen) atoms. The molecule has 0 saturated carbocycles.